The van der Waals surface area contributed by atoms with E-state index in [1.54, 1.807) is 0 Å². The first-order valence-electron chi connectivity index (χ1n) is 8.05. The third-order valence-electron chi connectivity index (χ3n) is 4.64. The van der Waals surface area contributed by atoms with Gasteiger partial charge in [0.25, 0.3) is 0 Å². The SMILES string of the molecule is Cl.O=C(Cc1ccccc1Cl)N1CCN(CC(O)C2CC2)CC1. The smallest absolute Gasteiger partial charge is 0.227 e. The van der Waals surface area contributed by atoms with E-state index in [4.69, 9.17) is 11.6 Å². The number of halogens is 2. The number of hydrogen-bond acceptors (Lipinski definition) is 3. The highest BCUT2D eigenvalue weighted by Gasteiger charge is 2.32. The zero-order chi connectivity index (χ0) is 15.5. The molecule has 1 aromatic carbocycles. The van der Waals surface area contributed by atoms with Gasteiger partial charge in [0.15, 0.2) is 0 Å². The third-order valence-corrected chi connectivity index (χ3v) is 5.00. The van der Waals surface area contributed by atoms with E-state index in [0.29, 0.717) is 17.4 Å². The zero-order valence-corrected chi connectivity index (χ0v) is 14.7. The number of rotatable bonds is 5. The van der Waals surface area contributed by atoms with Crippen LogP contribution in [0, 0.1) is 5.92 Å². The number of carbonyl (C=O) groups is 1. The molecule has 0 bridgehead atoms. The summed E-state index contributed by atoms with van der Waals surface area (Å²) in [6, 6.07) is 7.51. The molecule has 1 aliphatic carbocycles. The first kappa shape index (κ1) is 18.5. The second-order valence-corrected chi connectivity index (χ2v) is 6.76. The van der Waals surface area contributed by atoms with Crippen molar-refractivity contribution in [3.8, 4) is 0 Å². The summed E-state index contributed by atoms with van der Waals surface area (Å²) in [5.74, 6) is 0.648. The molecule has 1 aromatic rings. The van der Waals surface area contributed by atoms with Crippen LogP contribution in [-0.2, 0) is 11.2 Å². The fourth-order valence-electron chi connectivity index (χ4n) is 2.99. The second-order valence-electron chi connectivity index (χ2n) is 6.35. The monoisotopic (exact) mass is 358 g/mol. The lowest BCUT2D eigenvalue weighted by Gasteiger charge is -2.35. The van der Waals surface area contributed by atoms with Gasteiger partial charge in [-0.25, -0.2) is 0 Å². The summed E-state index contributed by atoms with van der Waals surface area (Å²) < 4.78 is 0. The van der Waals surface area contributed by atoms with Gasteiger partial charge < -0.3 is 10.0 Å². The van der Waals surface area contributed by atoms with Gasteiger partial charge in [-0.3, -0.25) is 9.69 Å². The van der Waals surface area contributed by atoms with E-state index in [2.05, 4.69) is 4.90 Å². The predicted octanol–water partition coefficient (Wildman–Crippen LogP) is 2.22. The molecule has 23 heavy (non-hydrogen) atoms. The van der Waals surface area contributed by atoms with Gasteiger partial charge in [0.1, 0.15) is 0 Å². The average molecular weight is 359 g/mol. The van der Waals surface area contributed by atoms with Crippen LogP contribution in [0.5, 0.6) is 0 Å². The Kier molecular flexibility index (Phi) is 6.72. The highest BCUT2D eigenvalue weighted by atomic mass is 35.5. The van der Waals surface area contributed by atoms with Crippen LogP contribution in [0.25, 0.3) is 0 Å². The van der Waals surface area contributed by atoms with Crippen molar-refractivity contribution in [2.45, 2.75) is 25.4 Å². The van der Waals surface area contributed by atoms with Crippen molar-refractivity contribution in [3.05, 3.63) is 34.9 Å². The van der Waals surface area contributed by atoms with Gasteiger partial charge >= 0.3 is 0 Å². The molecule has 3 rings (SSSR count). The maximum atomic E-state index is 12.4. The Morgan fingerprint density at radius 1 is 1.22 bits per heavy atom. The van der Waals surface area contributed by atoms with Crippen LogP contribution in [0.2, 0.25) is 5.02 Å². The maximum absolute atomic E-state index is 12.4. The fourth-order valence-corrected chi connectivity index (χ4v) is 3.19. The Bertz CT molecular complexity index is 529. The highest BCUT2D eigenvalue weighted by molar-refractivity contribution is 6.31. The third kappa shape index (κ3) is 5.08. The molecule has 0 aromatic heterocycles. The Morgan fingerprint density at radius 2 is 1.87 bits per heavy atom. The molecule has 1 unspecified atom stereocenters. The highest BCUT2D eigenvalue weighted by Crippen LogP contribution is 2.32. The standard InChI is InChI=1S/C17H23ClN2O2.ClH/c18-15-4-2-1-3-14(15)11-17(22)20-9-7-19(8-10-20)12-16(21)13-5-6-13;/h1-4,13,16,21H,5-12H2;1H. The lowest BCUT2D eigenvalue weighted by molar-refractivity contribution is -0.132. The molecule has 1 N–H and O–H groups in total. The number of aliphatic hydroxyl groups is 1. The summed E-state index contributed by atoms with van der Waals surface area (Å²) in [5.41, 5.74) is 0.890. The molecule has 1 atom stereocenters. The minimum absolute atomic E-state index is 0. The van der Waals surface area contributed by atoms with E-state index >= 15 is 0 Å². The van der Waals surface area contributed by atoms with Gasteiger partial charge in [-0.1, -0.05) is 29.8 Å². The van der Waals surface area contributed by atoms with Crippen LogP contribution in [-0.4, -0.2) is 59.6 Å². The Morgan fingerprint density at radius 3 is 2.48 bits per heavy atom. The van der Waals surface area contributed by atoms with E-state index in [1.807, 2.05) is 29.2 Å². The first-order chi connectivity index (χ1) is 10.6. The van der Waals surface area contributed by atoms with Gasteiger partial charge in [-0.2, -0.15) is 0 Å². The van der Waals surface area contributed by atoms with Crippen LogP contribution < -0.4 is 0 Å². The Hall–Kier alpha value is -0.810. The number of amides is 1. The van der Waals surface area contributed by atoms with Crippen LogP contribution >= 0.6 is 24.0 Å². The number of hydrogen-bond donors (Lipinski definition) is 1. The second kappa shape index (κ2) is 8.34. The summed E-state index contributed by atoms with van der Waals surface area (Å²) in [7, 11) is 0. The quantitative estimate of drug-likeness (QED) is 0.877. The van der Waals surface area contributed by atoms with E-state index in [9.17, 15) is 9.90 Å². The summed E-state index contributed by atoms with van der Waals surface area (Å²) in [6.45, 7) is 3.91. The number of benzene rings is 1. The number of aliphatic hydroxyl groups excluding tert-OH is 1. The first-order valence-corrected chi connectivity index (χ1v) is 8.43. The predicted molar refractivity (Wildman–Crippen MR) is 94.2 cm³/mol. The molecule has 128 valence electrons. The molecule has 1 heterocycles. The molecule has 1 aliphatic heterocycles. The molecule has 6 heteroatoms. The van der Waals surface area contributed by atoms with Gasteiger partial charge in [-0.05, 0) is 30.4 Å². The molecule has 0 spiro atoms. The average Bonchev–Trinajstić information content (AvgIpc) is 3.35. The molecule has 1 saturated heterocycles. The number of carbonyl (C=O) groups excluding carboxylic acids is 1. The largest absolute Gasteiger partial charge is 0.392 e. The minimum Gasteiger partial charge on any atom is -0.392 e. The van der Waals surface area contributed by atoms with Gasteiger partial charge in [0, 0.05) is 37.7 Å². The van der Waals surface area contributed by atoms with Gasteiger partial charge in [0.2, 0.25) is 5.91 Å². The number of piperazine rings is 1. The summed E-state index contributed by atoms with van der Waals surface area (Å²) >= 11 is 6.12. The van der Waals surface area contributed by atoms with Crippen molar-refractivity contribution >= 4 is 29.9 Å². The van der Waals surface area contributed by atoms with Crippen LogP contribution in [0.15, 0.2) is 24.3 Å². The molecule has 0 radical (unpaired) electrons. The lowest BCUT2D eigenvalue weighted by Crippen LogP contribution is -2.51. The fraction of sp³-hybridized carbons (Fsp3) is 0.588. The van der Waals surface area contributed by atoms with Crippen LogP contribution in [0.1, 0.15) is 18.4 Å². The van der Waals surface area contributed by atoms with Gasteiger partial charge in [-0.15, -0.1) is 12.4 Å². The number of β-amino-alcohol motifs (C(OH)–C–C–N with tert-alkyl or cyclic N) is 1. The lowest BCUT2D eigenvalue weighted by atomic mass is 10.1. The Balaban J connectivity index is 0.00000192. The summed E-state index contributed by atoms with van der Waals surface area (Å²) in [4.78, 5) is 16.5. The molecule has 1 amide bonds. The zero-order valence-electron chi connectivity index (χ0n) is 13.2. The van der Waals surface area contributed by atoms with Crippen molar-refractivity contribution in [1.29, 1.82) is 0 Å². The molecule has 2 aliphatic rings. The Labute approximate surface area is 148 Å². The van der Waals surface area contributed by atoms with Crippen molar-refractivity contribution in [2.24, 2.45) is 5.92 Å². The van der Waals surface area contributed by atoms with Crippen LogP contribution in [0.3, 0.4) is 0 Å². The van der Waals surface area contributed by atoms with E-state index in [-0.39, 0.29) is 24.4 Å². The minimum atomic E-state index is -0.189. The van der Waals surface area contributed by atoms with E-state index in [0.717, 1.165) is 51.1 Å². The van der Waals surface area contributed by atoms with Crippen molar-refractivity contribution < 1.29 is 9.90 Å². The molecule has 1 saturated carbocycles. The summed E-state index contributed by atoms with van der Waals surface area (Å²) in [6.07, 6.45) is 2.50. The van der Waals surface area contributed by atoms with Crippen molar-refractivity contribution in [3.63, 3.8) is 0 Å². The topological polar surface area (TPSA) is 43.8 Å². The summed E-state index contributed by atoms with van der Waals surface area (Å²) in [5, 5.41) is 10.7. The molecular weight excluding hydrogens is 335 g/mol. The van der Waals surface area contributed by atoms with Crippen molar-refractivity contribution in [2.75, 3.05) is 32.7 Å². The van der Waals surface area contributed by atoms with Gasteiger partial charge in [0.05, 0.1) is 12.5 Å². The maximum Gasteiger partial charge on any atom is 0.227 e. The number of nitrogens with zero attached hydrogens (tertiary/aromatic N) is 2. The normalized spacial score (nSPS) is 20.0. The molecule has 2 fully saturated rings. The molecule has 4 nitrogen and oxygen atoms in total. The van der Waals surface area contributed by atoms with Crippen LogP contribution in [0.4, 0.5) is 0 Å². The van der Waals surface area contributed by atoms with E-state index in [1.165, 1.54) is 0 Å². The molecular formula is C17H24Cl2N2O2. The van der Waals surface area contributed by atoms with E-state index < -0.39 is 0 Å². The van der Waals surface area contributed by atoms with Crippen molar-refractivity contribution in [1.82, 2.24) is 9.80 Å².